The lowest BCUT2D eigenvalue weighted by atomic mass is 10.2. The Balaban J connectivity index is 2.33. The van der Waals surface area contributed by atoms with Crippen molar-refractivity contribution in [3.63, 3.8) is 0 Å². The van der Waals surface area contributed by atoms with Gasteiger partial charge in [0.15, 0.2) is 0 Å². The summed E-state index contributed by atoms with van der Waals surface area (Å²) in [5, 5.41) is 7.79. The van der Waals surface area contributed by atoms with Crippen LogP contribution >= 0.6 is 11.8 Å². The molecule has 2 rings (SSSR count). The second-order valence-electron chi connectivity index (χ2n) is 3.12. The SMILES string of the molecule is Cc1nnc(Sc2c(F)cccc2CN)o1. The van der Waals surface area contributed by atoms with E-state index < -0.39 is 0 Å². The predicted octanol–water partition coefficient (Wildman–Crippen LogP) is 2.13. The zero-order valence-electron chi connectivity index (χ0n) is 8.61. The fourth-order valence-corrected chi connectivity index (χ4v) is 2.10. The van der Waals surface area contributed by atoms with Gasteiger partial charge in [-0.15, -0.1) is 10.2 Å². The maximum atomic E-state index is 13.6. The standard InChI is InChI=1S/C10H10FN3OS/c1-6-13-14-10(15-6)16-9-7(5-12)3-2-4-8(9)11/h2-4H,5,12H2,1H3. The molecule has 0 bridgehead atoms. The molecule has 0 fully saturated rings. The van der Waals surface area contributed by atoms with Gasteiger partial charge in [0, 0.05) is 13.5 Å². The molecule has 2 N–H and O–H groups in total. The minimum atomic E-state index is -0.330. The second-order valence-corrected chi connectivity index (χ2v) is 4.08. The second kappa shape index (κ2) is 4.63. The molecular formula is C10H10FN3OS. The molecule has 0 atom stereocenters. The smallest absolute Gasteiger partial charge is 0.281 e. The van der Waals surface area contributed by atoms with E-state index in [0.29, 0.717) is 16.0 Å². The van der Waals surface area contributed by atoms with Gasteiger partial charge in [0.2, 0.25) is 5.89 Å². The maximum absolute atomic E-state index is 13.6. The molecule has 0 spiro atoms. The minimum absolute atomic E-state index is 0.271. The summed E-state index contributed by atoms with van der Waals surface area (Å²) in [6, 6.07) is 4.78. The van der Waals surface area contributed by atoms with Gasteiger partial charge in [-0.3, -0.25) is 0 Å². The molecule has 1 aromatic carbocycles. The quantitative estimate of drug-likeness (QED) is 0.888. The fourth-order valence-electron chi connectivity index (χ4n) is 1.24. The lowest BCUT2D eigenvalue weighted by molar-refractivity contribution is 0.428. The third-order valence-corrected chi connectivity index (χ3v) is 2.97. The average Bonchev–Trinajstić information content (AvgIpc) is 2.67. The largest absolute Gasteiger partial charge is 0.416 e. The molecule has 1 aromatic heterocycles. The van der Waals surface area contributed by atoms with Crippen LogP contribution in [0.5, 0.6) is 0 Å². The molecule has 0 aliphatic rings. The van der Waals surface area contributed by atoms with Gasteiger partial charge in [0.25, 0.3) is 5.22 Å². The summed E-state index contributed by atoms with van der Waals surface area (Å²) in [5.74, 6) is 0.122. The molecule has 6 heteroatoms. The first kappa shape index (κ1) is 11.1. The number of aromatic nitrogens is 2. The van der Waals surface area contributed by atoms with Crippen LogP contribution in [-0.2, 0) is 6.54 Å². The highest BCUT2D eigenvalue weighted by Crippen LogP contribution is 2.31. The Hall–Kier alpha value is -1.40. The number of halogens is 1. The van der Waals surface area contributed by atoms with E-state index in [1.54, 1.807) is 19.1 Å². The van der Waals surface area contributed by atoms with E-state index in [1.807, 2.05) is 0 Å². The third kappa shape index (κ3) is 2.23. The van der Waals surface area contributed by atoms with Crippen molar-refractivity contribution in [2.45, 2.75) is 23.6 Å². The van der Waals surface area contributed by atoms with E-state index in [9.17, 15) is 4.39 Å². The minimum Gasteiger partial charge on any atom is -0.416 e. The van der Waals surface area contributed by atoms with Gasteiger partial charge < -0.3 is 10.2 Å². The Morgan fingerprint density at radius 3 is 2.88 bits per heavy atom. The van der Waals surface area contributed by atoms with Crippen molar-refractivity contribution < 1.29 is 8.81 Å². The van der Waals surface area contributed by atoms with Crippen LogP contribution in [0.4, 0.5) is 4.39 Å². The zero-order chi connectivity index (χ0) is 11.5. The molecule has 0 aliphatic carbocycles. The summed E-state index contributed by atoms with van der Waals surface area (Å²) >= 11 is 1.09. The van der Waals surface area contributed by atoms with Crippen LogP contribution in [0.2, 0.25) is 0 Å². The molecular weight excluding hydrogens is 229 g/mol. The molecule has 0 aliphatic heterocycles. The fraction of sp³-hybridized carbons (Fsp3) is 0.200. The summed E-state index contributed by atoms with van der Waals surface area (Å²) in [5.41, 5.74) is 6.25. The van der Waals surface area contributed by atoms with E-state index in [-0.39, 0.29) is 12.4 Å². The Morgan fingerprint density at radius 2 is 2.25 bits per heavy atom. The van der Waals surface area contributed by atoms with Crippen molar-refractivity contribution in [1.82, 2.24) is 10.2 Å². The van der Waals surface area contributed by atoms with Gasteiger partial charge in [-0.25, -0.2) is 4.39 Å². The van der Waals surface area contributed by atoms with Crippen LogP contribution in [0.15, 0.2) is 32.7 Å². The lowest BCUT2D eigenvalue weighted by Gasteiger charge is -2.05. The van der Waals surface area contributed by atoms with Crippen molar-refractivity contribution in [3.05, 3.63) is 35.5 Å². The van der Waals surface area contributed by atoms with Gasteiger partial charge in [0.05, 0.1) is 4.90 Å². The van der Waals surface area contributed by atoms with E-state index >= 15 is 0 Å². The molecule has 4 nitrogen and oxygen atoms in total. The van der Waals surface area contributed by atoms with Gasteiger partial charge in [-0.2, -0.15) is 0 Å². The molecule has 84 valence electrons. The van der Waals surface area contributed by atoms with Crippen LogP contribution in [0, 0.1) is 12.7 Å². The summed E-state index contributed by atoms with van der Waals surface area (Å²) < 4.78 is 18.7. The predicted molar refractivity (Wildman–Crippen MR) is 57.4 cm³/mol. The monoisotopic (exact) mass is 239 g/mol. The molecule has 0 unspecified atom stereocenters. The van der Waals surface area contributed by atoms with Crippen LogP contribution in [0.3, 0.4) is 0 Å². The molecule has 0 amide bonds. The highest BCUT2D eigenvalue weighted by atomic mass is 32.2. The van der Waals surface area contributed by atoms with Crippen molar-refractivity contribution in [1.29, 1.82) is 0 Å². The first-order chi connectivity index (χ1) is 7.70. The maximum Gasteiger partial charge on any atom is 0.281 e. The molecule has 16 heavy (non-hydrogen) atoms. The van der Waals surface area contributed by atoms with E-state index in [4.69, 9.17) is 10.2 Å². The number of hydrogen-bond donors (Lipinski definition) is 1. The van der Waals surface area contributed by atoms with E-state index in [1.165, 1.54) is 6.07 Å². The van der Waals surface area contributed by atoms with Gasteiger partial charge >= 0.3 is 0 Å². The van der Waals surface area contributed by atoms with Crippen LogP contribution in [0.1, 0.15) is 11.5 Å². The number of benzene rings is 1. The summed E-state index contributed by atoms with van der Waals surface area (Å²) in [6.45, 7) is 1.95. The molecule has 0 saturated heterocycles. The molecule has 1 heterocycles. The van der Waals surface area contributed by atoms with Crippen LogP contribution in [0.25, 0.3) is 0 Å². The Labute approximate surface area is 96.0 Å². The normalized spacial score (nSPS) is 10.7. The molecule has 2 aromatic rings. The van der Waals surface area contributed by atoms with Gasteiger partial charge in [-0.05, 0) is 23.4 Å². The van der Waals surface area contributed by atoms with Crippen LogP contribution in [-0.4, -0.2) is 10.2 Å². The number of nitrogens with zero attached hydrogens (tertiary/aromatic N) is 2. The summed E-state index contributed by atoms with van der Waals surface area (Å²) in [6.07, 6.45) is 0. The topological polar surface area (TPSA) is 64.9 Å². The number of rotatable bonds is 3. The Morgan fingerprint density at radius 1 is 1.44 bits per heavy atom. The van der Waals surface area contributed by atoms with Crippen molar-refractivity contribution in [3.8, 4) is 0 Å². The number of nitrogens with two attached hydrogens (primary N) is 1. The van der Waals surface area contributed by atoms with Crippen LogP contribution < -0.4 is 5.73 Å². The number of hydrogen-bond acceptors (Lipinski definition) is 5. The number of aryl methyl sites for hydroxylation is 1. The van der Waals surface area contributed by atoms with Gasteiger partial charge in [0.1, 0.15) is 5.82 Å². The highest BCUT2D eigenvalue weighted by Gasteiger charge is 2.12. The summed E-state index contributed by atoms with van der Waals surface area (Å²) in [7, 11) is 0. The van der Waals surface area contributed by atoms with Crippen molar-refractivity contribution in [2.75, 3.05) is 0 Å². The first-order valence-electron chi connectivity index (χ1n) is 4.66. The molecule has 0 radical (unpaired) electrons. The van der Waals surface area contributed by atoms with Crippen molar-refractivity contribution in [2.24, 2.45) is 5.73 Å². The zero-order valence-corrected chi connectivity index (χ0v) is 9.42. The Bertz CT molecular complexity index is 501. The van der Waals surface area contributed by atoms with E-state index in [0.717, 1.165) is 17.3 Å². The van der Waals surface area contributed by atoms with Gasteiger partial charge in [-0.1, -0.05) is 12.1 Å². The molecule has 0 saturated carbocycles. The van der Waals surface area contributed by atoms with Crippen molar-refractivity contribution >= 4 is 11.8 Å². The van der Waals surface area contributed by atoms with E-state index in [2.05, 4.69) is 10.2 Å². The Kier molecular flexibility index (Phi) is 3.21. The average molecular weight is 239 g/mol. The summed E-state index contributed by atoms with van der Waals surface area (Å²) in [4.78, 5) is 0.439. The third-order valence-electron chi connectivity index (χ3n) is 1.97. The first-order valence-corrected chi connectivity index (χ1v) is 5.48. The lowest BCUT2D eigenvalue weighted by Crippen LogP contribution is -1.99. The highest BCUT2D eigenvalue weighted by molar-refractivity contribution is 7.99.